The van der Waals surface area contributed by atoms with Gasteiger partial charge in [-0.2, -0.15) is 0 Å². The third-order valence-corrected chi connectivity index (χ3v) is 3.66. The molecule has 0 aromatic heterocycles. The topological polar surface area (TPSA) is 90.8 Å². The van der Waals surface area contributed by atoms with E-state index in [1.165, 1.54) is 0 Å². The van der Waals surface area contributed by atoms with Crippen LogP contribution in [0.5, 0.6) is 0 Å². The summed E-state index contributed by atoms with van der Waals surface area (Å²) in [6, 6.07) is 0. The Kier molecular flexibility index (Phi) is 7.30. The smallest absolute Gasteiger partial charge is 0.222 e. The molecule has 0 aromatic carbocycles. The van der Waals surface area contributed by atoms with E-state index in [2.05, 4.69) is 10.6 Å². The molecular formula is C13H26N2O4. The molecule has 19 heavy (non-hydrogen) atoms. The summed E-state index contributed by atoms with van der Waals surface area (Å²) in [5, 5.41) is 24.4. The van der Waals surface area contributed by atoms with Crippen molar-refractivity contribution in [1.29, 1.82) is 0 Å². The summed E-state index contributed by atoms with van der Waals surface area (Å²) in [5.74, 6) is -0.195. The van der Waals surface area contributed by atoms with Crippen molar-refractivity contribution < 1.29 is 19.7 Å². The van der Waals surface area contributed by atoms with Gasteiger partial charge in [0, 0.05) is 6.42 Å². The number of piperidine rings is 1. The number of hydrogen-bond donors (Lipinski definition) is 4. The van der Waals surface area contributed by atoms with E-state index in [4.69, 9.17) is 4.74 Å². The van der Waals surface area contributed by atoms with Gasteiger partial charge in [-0.05, 0) is 32.4 Å². The van der Waals surface area contributed by atoms with Crippen molar-refractivity contribution in [3.63, 3.8) is 0 Å². The zero-order chi connectivity index (χ0) is 14.1. The lowest BCUT2D eigenvalue weighted by molar-refractivity contribution is -0.126. The van der Waals surface area contributed by atoms with E-state index < -0.39 is 5.54 Å². The van der Waals surface area contributed by atoms with Gasteiger partial charge in [-0.15, -0.1) is 0 Å². The maximum atomic E-state index is 11.8. The van der Waals surface area contributed by atoms with Crippen LogP contribution in [0.2, 0.25) is 0 Å². The molecule has 1 rings (SSSR count). The van der Waals surface area contributed by atoms with Gasteiger partial charge in [0.1, 0.15) is 0 Å². The van der Waals surface area contributed by atoms with Gasteiger partial charge in [-0.3, -0.25) is 4.79 Å². The normalized spacial score (nSPS) is 17.4. The largest absolute Gasteiger partial charge is 0.394 e. The molecule has 0 atom stereocenters. The second-order valence-corrected chi connectivity index (χ2v) is 5.07. The molecule has 1 saturated heterocycles. The van der Waals surface area contributed by atoms with Crippen LogP contribution in [0.1, 0.15) is 32.6 Å². The van der Waals surface area contributed by atoms with Crippen LogP contribution in [-0.4, -0.2) is 60.7 Å². The standard InChI is InChI=1S/C13H26N2O4/c1-2-13(9-16,10-17)15-12(18)5-8-19-11-3-6-14-7-4-11/h11,14,16-17H,2-10H2,1H3,(H,15,18). The summed E-state index contributed by atoms with van der Waals surface area (Å²) in [4.78, 5) is 11.8. The van der Waals surface area contributed by atoms with E-state index in [1.807, 2.05) is 6.92 Å². The lowest BCUT2D eigenvalue weighted by Gasteiger charge is -2.30. The van der Waals surface area contributed by atoms with Crippen LogP contribution >= 0.6 is 0 Å². The Hall–Kier alpha value is -0.690. The maximum absolute atomic E-state index is 11.8. The summed E-state index contributed by atoms with van der Waals surface area (Å²) in [6.07, 6.45) is 2.94. The number of carbonyl (C=O) groups is 1. The van der Waals surface area contributed by atoms with Crippen molar-refractivity contribution in [3.8, 4) is 0 Å². The highest BCUT2D eigenvalue weighted by atomic mass is 16.5. The van der Waals surface area contributed by atoms with Gasteiger partial charge in [0.2, 0.25) is 5.91 Å². The van der Waals surface area contributed by atoms with Crippen LogP contribution in [0.3, 0.4) is 0 Å². The van der Waals surface area contributed by atoms with Crippen molar-refractivity contribution in [2.75, 3.05) is 32.9 Å². The molecule has 4 N–H and O–H groups in total. The van der Waals surface area contributed by atoms with Gasteiger partial charge in [-0.1, -0.05) is 6.92 Å². The molecule has 0 saturated carbocycles. The monoisotopic (exact) mass is 274 g/mol. The van der Waals surface area contributed by atoms with Crippen LogP contribution in [0.25, 0.3) is 0 Å². The quantitative estimate of drug-likeness (QED) is 0.474. The first kappa shape index (κ1) is 16.4. The van der Waals surface area contributed by atoms with Crippen LogP contribution < -0.4 is 10.6 Å². The molecule has 0 unspecified atom stereocenters. The van der Waals surface area contributed by atoms with Crippen LogP contribution in [0.15, 0.2) is 0 Å². The second-order valence-electron chi connectivity index (χ2n) is 5.07. The van der Waals surface area contributed by atoms with Gasteiger partial charge in [-0.25, -0.2) is 0 Å². The Bertz CT molecular complexity index is 255. The van der Waals surface area contributed by atoms with Gasteiger partial charge in [0.25, 0.3) is 0 Å². The van der Waals surface area contributed by atoms with E-state index >= 15 is 0 Å². The van der Waals surface area contributed by atoms with E-state index in [0.29, 0.717) is 13.0 Å². The molecule has 0 aromatic rings. The number of amides is 1. The summed E-state index contributed by atoms with van der Waals surface area (Å²) >= 11 is 0. The van der Waals surface area contributed by atoms with Crippen LogP contribution in [0.4, 0.5) is 0 Å². The fourth-order valence-corrected chi connectivity index (χ4v) is 2.08. The third-order valence-electron chi connectivity index (χ3n) is 3.66. The molecule has 0 spiro atoms. The Morgan fingerprint density at radius 2 is 2.00 bits per heavy atom. The fourth-order valence-electron chi connectivity index (χ4n) is 2.08. The molecule has 1 aliphatic rings. The molecule has 1 amide bonds. The first-order valence-electron chi connectivity index (χ1n) is 7.01. The van der Waals surface area contributed by atoms with Crippen molar-refractivity contribution in [3.05, 3.63) is 0 Å². The molecule has 6 heteroatoms. The first-order valence-corrected chi connectivity index (χ1v) is 7.01. The molecule has 0 aliphatic carbocycles. The molecule has 112 valence electrons. The Morgan fingerprint density at radius 3 is 2.53 bits per heavy atom. The van der Waals surface area contributed by atoms with Gasteiger partial charge >= 0.3 is 0 Å². The number of hydrogen-bond acceptors (Lipinski definition) is 5. The average Bonchev–Trinajstić information content (AvgIpc) is 2.46. The van der Waals surface area contributed by atoms with E-state index in [0.717, 1.165) is 25.9 Å². The van der Waals surface area contributed by atoms with Crippen molar-refractivity contribution in [1.82, 2.24) is 10.6 Å². The van der Waals surface area contributed by atoms with Crippen LogP contribution in [-0.2, 0) is 9.53 Å². The molecule has 0 bridgehead atoms. The molecule has 1 aliphatic heterocycles. The summed E-state index contributed by atoms with van der Waals surface area (Å²) in [5.41, 5.74) is -0.911. The predicted molar refractivity (Wildman–Crippen MR) is 71.8 cm³/mol. The van der Waals surface area contributed by atoms with Crippen molar-refractivity contribution >= 4 is 5.91 Å². The number of aliphatic hydroxyl groups excluding tert-OH is 2. The highest BCUT2D eigenvalue weighted by molar-refractivity contribution is 5.76. The van der Waals surface area contributed by atoms with Gasteiger partial charge in [0.15, 0.2) is 0 Å². The second kappa shape index (κ2) is 8.47. The minimum atomic E-state index is -0.911. The summed E-state index contributed by atoms with van der Waals surface area (Å²) in [6.45, 7) is 3.60. The Labute approximate surface area is 114 Å². The zero-order valence-electron chi connectivity index (χ0n) is 11.7. The zero-order valence-corrected chi connectivity index (χ0v) is 11.7. The fraction of sp³-hybridized carbons (Fsp3) is 0.923. The van der Waals surface area contributed by atoms with Crippen molar-refractivity contribution in [2.45, 2.75) is 44.2 Å². The number of rotatable bonds is 8. The summed E-state index contributed by atoms with van der Waals surface area (Å²) < 4.78 is 5.64. The number of nitrogens with one attached hydrogen (secondary N) is 2. The van der Waals surface area contributed by atoms with Gasteiger partial charge in [0.05, 0.1) is 31.5 Å². The third kappa shape index (κ3) is 5.44. The number of aliphatic hydroxyl groups is 2. The van der Waals surface area contributed by atoms with Crippen molar-refractivity contribution in [2.24, 2.45) is 0 Å². The molecule has 1 heterocycles. The highest BCUT2D eigenvalue weighted by Crippen LogP contribution is 2.10. The van der Waals surface area contributed by atoms with Crippen LogP contribution in [0, 0.1) is 0 Å². The SMILES string of the molecule is CCC(CO)(CO)NC(=O)CCOC1CCNCC1. The predicted octanol–water partition coefficient (Wildman–Crippen LogP) is -0.605. The minimum Gasteiger partial charge on any atom is -0.394 e. The van der Waals surface area contributed by atoms with E-state index in [-0.39, 0.29) is 31.6 Å². The molecule has 6 nitrogen and oxygen atoms in total. The molecular weight excluding hydrogens is 248 g/mol. The lowest BCUT2D eigenvalue weighted by Crippen LogP contribution is -2.54. The van der Waals surface area contributed by atoms with Gasteiger partial charge < -0.3 is 25.6 Å². The highest BCUT2D eigenvalue weighted by Gasteiger charge is 2.28. The van der Waals surface area contributed by atoms with E-state index in [1.54, 1.807) is 0 Å². The number of ether oxygens (including phenoxy) is 1. The Balaban J connectivity index is 2.23. The average molecular weight is 274 g/mol. The first-order chi connectivity index (χ1) is 9.15. The minimum absolute atomic E-state index is 0.195. The summed E-state index contributed by atoms with van der Waals surface area (Å²) in [7, 11) is 0. The lowest BCUT2D eigenvalue weighted by atomic mass is 9.98. The Morgan fingerprint density at radius 1 is 1.37 bits per heavy atom. The maximum Gasteiger partial charge on any atom is 0.222 e. The molecule has 0 radical (unpaired) electrons. The number of carbonyl (C=O) groups excluding carboxylic acids is 1. The molecule has 1 fully saturated rings. The van der Waals surface area contributed by atoms with E-state index in [9.17, 15) is 15.0 Å².